The molecule has 0 atom stereocenters. The Kier molecular flexibility index (Phi) is 6.71. The molecule has 2 aromatic rings. The highest BCUT2D eigenvalue weighted by molar-refractivity contribution is 9.10. The SMILES string of the molecule is Cn1c(Nc2ccc(Br)cc2F)c(C(=O)NOCCO)cc(Br)c1=O.[HH]. The lowest BCUT2D eigenvalue weighted by Gasteiger charge is -2.17. The average Bonchev–Trinajstić information content (AvgIpc) is 2.57. The molecule has 136 valence electrons. The van der Waals surface area contributed by atoms with Gasteiger partial charge in [-0.1, -0.05) is 15.9 Å². The number of rotatable bonds is 6. The number of hydroxylamine groups is 1. The lowest BCUT2D eigenvalue weighted by atomic mass is 10.2. The molecule has 1 heterocycles. The quantitative estimate of drug-likeness (QED) is 0.436. The molecule has 2 rings (SSSR count). The summed E-state index contributed by atoms with van der Waals surface area (Å²) in [4.78, 5) is 29.2. The van der Waals surface area contributed by atoms with Crippen molar-refractivity contribution >= 4 is 49.3 Å². The van der Waals surface area contributed by atoms with Gasteiger partial charge in [0.25, 0.3) is 11.5 Å². The van der Waals surface area contributed by atoms with Gasteiger partial charge in [-0.3, -0.25) is 19.0 Å². The Hall–Kier alpha value is -1.75. The fourth-order valence-electron chi connectivity index (χ4n) is 1.96. The number of aliphatic hydroxyl groups excluding tert-OH is 1. The third-order valence-electron chi connectivity index (χ3n) is 3.16. The monoisotopic (exact) mass is 479 g/mol. The molecule has 0 aliphatic carbocycles. The van der Waals surface area contributed by atoms with E-state index in [4.69, 9.17) is 9.94 Å². The molecule has 0 spiro atoms. The lowest BCUT2D eigenvalue weighted by molar-refractivity contribution is 0.0168. The predicted octanol–water partition coefficient (Wildman–Crippen LogP) is 2.69. The molecule has 3 N–H and O–H groups in total. The number of halogens is 3. The van der Waals surface area contributed by atoms with Gasteiger partial charge in [0.2, 0.25) is 0 Å². The van der Waals surface area contributed by atoms with Crippen LogP contribution in [0.1, 0.15) is 11.8 Å². The van der Waals surface area contributed by atoms with Crippen LogP contribution in [-0.4, -0.2) is 28.8 Å². The Labute approximate surface area is 160 Å². The molecule has 7 nitrogen and oxygen atoms in total. The zero-order valence-corrected chi connectivity index (χ0v) is 16.1. The second kappa shape index (κ2) is 8.56. The standard InChI is InChI=1S/C15H14Br2FN3O4.H2/c1-21-13(19-12-3-2-8(16)6-11(12)18)9(7-10(17)15(21)24)14(23)20-25-5-4-22;/h2-3,6-7,19,22H,4-5H2,1H3,(H,20,23);1H. The summed E-state index contributed by atoms with van der Waals surface area (Å²) in [5.41, 5.74) is 1.88. The number of carbonyl (C=O) groups excluding carboxylic acids is 1. The number of amides is 1. The number of carbonyl (C=O) groups is 1. The molecular formula is C15H16Br2FN3O4. The van der Waals surface area contributed by atoms with E-state index in [9.17, 15) is 14.0 Å². The molecule has 0 radical (unpaired) electrons. The van der Waals surface area contributed by atoms with Crippen LogP contribution in [0.15, 0.2) is 38.0 Å². The highest BCUT2D eigenvalue weighted by Gasteiger charge is 2.19. The molecule has 0 bridgehead atoms. The minimum absolute atomic E-state index is 0. The van der Waals surface area contributed by atoms with Gasteiger partial charge in [-0.2, -0.15) is 0 Å². The summed E-state index contributed by atoms with van der Waals surface area (Å²) in [7, 11) is 1.44. The molecule has 0 saturated carbocycles. The molecular weight excluding hydrogens is 465 g/mol. The zero-order chi connectivity index (χ0) is 18.6. The van der Waals surface area contributed by atoms with Crippen LogP contribution in [0.4, 0.5) is 15.9 Å². The molecule has 0 fully saturated rings. The molecule has 0 aliphatic heterocycles. The molecule has 0 aliphatic rings. The third-order valence-corrected chi connectivity index (χ3v) is 4.22. The molecule has 0 saturated heterocycles. The highest BCUT2D eigenvalue weighted by atomic mass is 79.9. The van der Waals surface area contributed by atoms with Crippen molar-refractivity contribution in [2.24, 2.45) is 7.05 Å². The Bertz CT molecular complexity index is 864. The van der Waals surface area contributed by atoms with Crippen LogP contribution in [0.25, 0.3) is 0 Å². The summed E-state index contributed by atoms with van der Waals surface area (Å²) in [6.07, 6.45) is 0. The van der Waals surface area contributed by atoms with E-state index in [0.29, 0.717) is 4.47 Å². The Balaban J connectivity index is 0.00000338. The van der Waals surface area contributed by atoms with Gasteiger partial charge in [0.1, 0.15) is 11.6 Å². The topological polar surface area (TPSA) is 92.6 Å². The van der Waals surface area contributed by atoms with E-state index in [1.165, 1.54) is 29.8 Å². The Morgan fingerprint density at radius 1 is 1.40 bits per heavy atom. The first-order valence-corrected chi connectivity index (χ1v) is 8.58. The number of anilines is 2. The summed E-state index contributed by atoms with van der Waals surface area (Å²) in [5, 5.41) is 11.4. The van der Waals surface area contributed by atoms with Crippen LogP contribution < -0.4 is 16.4 Å². The van der Waals surface area contributed by atoms with Crippen LogP contribution >= 0.6 is 31.9 Å². The lowest BCUT2D eigenvalue weighted by Crippen LogP contribution is -2.30. The van der Waals surface area contributed by atoms with Crippen molar-refractivity contribution in [3.05, 3.63) is 54.9 Å². The summed E-state index contributed by atoms with van der Waals surface area (Å²) < 4.78 is 16.0. The normalized spacial score (nSPS) is 10.6. The van der Waals surface area contributed by atoms with E-state index in [2.05, 4.69) is 42.7 Å². The maximum absolute atomic E-state index is 14.1. The van der Waals surface area contributed by atoms with Gasteiger partial charge >= 0.3 is 0 Å². The number of hydrogen-bond acceptors (Lipinski definition) is 5. The Morgan fingerprint density at radius 3 is 2.76 bits per heavy atom. The summed E-state index contributed by atoms with van der Waals surface area (Å²) in [6.45, 7) is -0.366. The van der Waals surface area contributed by atoms with E-state index < -0.39 is 17.3 Å². The second-order valence-electron chi connectivity index (χ2n) is 4.87. The maximum atomic E-state index is 14.1. The van der Waals surface area contributed by atoms with Crippen molar-refractivity contribution in [2.75, 3.05) is 18.5 Å². The van der Waals surface area contributed by atoms with E-state index in [-0.39, 0.29) is 36.2 Å². The minimum Gasteiger partial charge on any atom is -0.394 e. The number of aliphatic hydroxyl groups is 1. The zero-order valence-electron chi connectivity index (χ0n) is 13.0. The first kappa shape index (κ1) is 19.6. The van der Waals surface area contributed by atoms with Crippen LogP contribution in [0, 0.1) is 5.82 Å². The first-order chi connectivity index (χ1) is 11.8. The number of aromatic nitrogens is 1. The van der Waals surface area contributed by atoms with E-state index in [1.807, 2.05) is 0 Å². The number of nitrogens with one attached hydrogen (secondary N) is 2. The van der Waals surface area contributed by atoms with Gasteiger partial charge in [-0.15, -0.1) is 0 Å². The molecule has 0 unspecified atom stereocenters. The van der Waals surface area contributed by atoms with Gasteiger partial charge in [-0.05, 0) is 40.2 Å². The van der Waals surface area contributed by atoms with E-state index >= 15 is 0 Å². The van der Waals surface area contributed by atoms with Crippen molar-refractivity contribution < 1.29 is 20.6 Å². The summed E-state index contributed by atoms with van der Waals surface area (Å²) in [5.74, 6) is -1.14. The van der Waals surface area contributed by atoms with Gasteiger partial charge in [0, 0.05) is 12.9 Å². The van der Waals surface area contributed by atoms with Gasteiger partial charge < -0.3 is 10.4 Å². The van der Waals surface area contributed by atoms with Crippen LogP contribution in [0.5, 0.6) is 0 Å². The molecule has 1 aromatic heterocycles. The molecule has 25 heavy (non-hydrogen) atoms. The highest BCUT2D eigenvalue weighted by Crippen LogP contribution is 2.25. The maximum Gasteiger partial charge on any atom is 0.278 e. The van der Waals surface area contributed by atoms with E-state index in [1.54, 1.807) is 6.07 Å². The fourth-order valence-corrected chi connectivity index (χ4v) is 2.79. The Morgan fingerprint density at radius 2 is 2.12 bits per heavy atom. The predicted molar refractivity (Wildman–Crippen MR) is 99.4 cm³/mol. The molecule has 1 aromatic carbocycles. The molecule has 10 heteroatoms. The number of nitrogens with zero attached hydrogens (tertiary/aromatic N) is 1. The van der Waals surface area contributed by atoms with Gasteiger partial charge in [0.15, 0.2) is 0 Å². The van der Waals surface area contributed by atoms with Crippen molar-refractivity contribution in [3.63, 3.8) is 0 Å². The number of pyridine rings is 1. The number of hydrogen-bond donors (Lipinski definition) is 3. The van der Waals surface area contributed by atoms with Crippen LogP contribution in [0.2, 0.25) is 0 Å². The molecule has 1 amide bonds. The largest absolute Gasteiger partial charge is 0.394 e. The number of benzene rings is 1. The van der Waals surface area contributed by atoms with Crippen molar-refractivity contribution in [1.29, 1.82) is 0 Å². The average molecular weight is 481 g/mol. The second-order valence-corrected chi connectivity index (χ2v) is 6.64. The first-order valence-electron chi connectivity index (χ1n) is 6.99. The van der Waals surface area contributed by atoms with E-state index in [0.717, 1.165) is 0 Å². The fraction of sp³-hybridized carbons (Fsp3) is 0.200. The summed E-state index contributed by atoms with van der Waals surface area (Å²) >= 11 is 6.25. The van der Waals surface area contributed by atoms with Crippen molar-refractivity contribution in [3.8, 4) is 0 Å². The van der Waals surface area contributed by atoms with Crippen LogP contribution in [-0.2, 0) is 11.9 Å². The van der Waals surface area contributed by atoms with Crippen molar-refractivity contribution in [1.82, 2.24) is 10.0 Å². The smallest absolute Gasteiger partial charge is 0.278 e. The van der Waals surface area contributed by atoms with Gasteiger partial charge in [0.05, 0.1) is 28.9 Å². The minimum atomic E-state index is -0.662. The van der Waals surface area contributed by atoms with Crippen LogP contribution in [0.3, 0.4) is 0 Å². The summed E-state index contributed by atoms with van der Waals surface area (Å²) in [6, 6.07) is 5.64. The van der Waals surface area contributed by atoms with Crippen molar-refractivity contribution in [2.45, 2.75) is 0 Å². The third kappa shape index (κ3) is 4.66. The van der Waals surface area contributed by atoms with Gasteiger partial charge in [-0.25, -0.2) is 9.87 Å².